The summed E-state index contributed by atoms with van der Waals surface area (Å²) in [6.45, 7) is 6.54. The number of piperazine rings is 1. The van der Waals surface area contributed by atoms with Gasteiger partial charge in [0.05, 0.1) is 6.54 Å². The first-order valence-electron chi connectivity index (χ1n) is 9.37. The van der Waals surface area contributed by atoms with Crippen molar-refractivity contribution < 1.29 is 44.4 Å². The number of rotatable bonds is 3. The molecule has 12 heteroatoms. The number of hydrogen-bond acceptors (Lipinski definition) is 7. The van der Waals surface area contributed by atoms with Crippen LogP contribution in [-0.2, 0) is 19.2 Å². The first kappa shape index (κ1) is 26.3. The molecule has 12 nitrogen and oxygen atoms in total. The Bertz CT molecular complexity index is 943. The minimum atomic E-state index is -1.82. The lowest BCUT2D eigenvalue weighted by molar-refractivity contribution is -0.159. The van der Waals surface area contributed by atoms with E-state index in [9.17, 15) is 4.79 Å². The number of aliphatic carboxylic acids is 4. The van der Waals surface area contributed by atoms with E-state index in [-0.39, 0.29) is 5.78 Å². The zero-order valence-electron chi connectivity index (χ0n) is 17.6. The van der Waals surface area contributed by atoms with Gasteiger partial charge in [0.15, 0.2) is 5.78 Å². The van der Waals surface area contributed by atoms with Crippen LogP contribution in [0.25, 0.3) is 10.9 Å². The molecule has 1 saturated heterocycles. The van der Waals surface area contributed by atoms with Crippen LogP contribution in [0.3, 0.4) is 0 Å². The molecule has 0 amide bonds. The van der Waals surface area contributed by atoms with E-state index in [0.717, 1.165) is 48.3 Å². The number of carboxylic acids is 4. The van der Waals surface area contributed by atoms with Crippen LogP contribution in [0.5, 0.6) is 0 Å². The highest BCUT2D eigenvalue weighted by atomic mass is 16.4. The molecule has 2 aromatic rings. The number of ketones is 1. The lowest BCUT2D eigenvalue weighted by atomic mass is 10.1. The molecule has 1 aliphatic rings. The zero-order chi connectivity index (χ0) is 24.4. The molecule has 3 rings (SSSR count). The second-order valence-electron chi connectivity index (χ2n) is 6.89. The van der Waals surface area contributed by atoms with Crippen LogP contribution in [0.4, 0.5) is 0 Å². The lowest BCUT2D eigenvalue weighted by Gasteiger charge is -2.31. The maximum Gasteiger partial charge on any atom is 0.414 e. The number of aryl methyl sites for hydroxylation is 1. The standard InChI is InChI=1S/C16H21N3O.2C2H2O4/c1-12-16(13-5-3-4-6-14(13)17-12)15(20)11-19-9-7-18(2)8-10-19;2*3-1(4)2(5)6/h3-6,17H,7-11H2,1-2H3;2*(H,3,4)(H,5,6). The molecule has 1 aliphatic heterocycles. The molecule has 0 unspecified atom stereocenters. The van der Waals surface area contributed by atoms with Crippen molar-refractivity contribution in [2.45, 2.75) is 6.92 Å². The Morgan fingerprint density at radius 3 is 1.78 bits per heavy atom. The molecule has 1 fully saturated rings. The fraction of sp³-hybridized carbons (Fsp3) is 0.350. The summed E-state index contributed by atoms with van der Waals surface area (Å²) >= 11 is 0. The van der Waals surface area contributed by atoms with Crippen molar-refractivity contribution in [2.75, 3.05) is 39.8 Å². The Labute approximate surface area is 182 Å². The van der Waals surface area contributed by atoms with Gasteiger partial charge >= 0.3 is 23.9 Å². The fourth-order valence-electron chi connectivity index (χ4n) is 2.92. The molecule has 0 spiro atoms. The second-order valence-corrected chi connectivity index (χ2v) is 6.89. The molecular formula is C20H25N3O9. The average Bonchev–Trinajstić information content (AvgIpc) is 3.06. The predicted molar refractivity (Wildman–Crippen MR) is 112 cm³/mol. The van der Waals surface area contributed by atoms with Gasteiger partial charge in [-0.15, -0.1) is 0 Å². The van der Waals surface area contributed by atoms with E-state index in [4.69, 9.17) is 39.6 Å². The van der Waals surface area contributed by atoms with Crippen molar-refractivity contribution >= 4 is 40.6 Å². The number of Topliss-reactive ketones (excluding diaryl/α,β-unsaturated/α-hetero) is 1. The van der Waals surface area contributed by atoms with E-state index < -0.39 is 23.9 Å². The number of para-hydroxylation sites is 1. The van der Waals surface area contributed by atoms with Gasteiger partial charge in [0.2, 0.25) is 0 Å². The Morgan fingerprint density at radius 1 is 0.844 bits per heavy atom. The van der Waals surface area contributed by atoms with E-state index >= 15 is 0 Å². The van der Waals surface area contributed by atoms with E-state index in [0.29, 0.717) is 6.54 Å². The number of aromatic nitrogens is 1. The molecule has 32 heavy (non-hydrogen) atoms. The highest BCUT2D eigenvalue weighted by molar-refractivity contribution is 6.27. The Kier molecular flexibility index (Phi) is 9.99. The van der Waals surface area contributed by atoms with E-state index in [2.05, 4.69) is 21.8 Å². The Balaban J connectivity index is 0.000000355. The molecule has 0 aliphatic carbocycles. The summed E-state index contributed by atoms with van der Waals surface area (Å²) in [5, 5.41) is 30.6. The fourth-order valence-corrected chi connectivity index (χ4v) is 2.92. The van der Waals surface area contributed by atoms with Crippen molar-refractivity contribution in [3.8, 4) is 0 Å². The normalized spacial score (nSPS) is 13.8. The summed E-state index contributed by atoms with van der Waals surface area (Å²) in [4.78, 5) is 56.9. The quantitative estimate of drug-likeness (QED) is 0.317. The third-order valence-corrected chi connectivity index (χ3v) is 4.50. The minimum Gasteiger partial charge on any atom is -0.473 e. The summed E-state index contributed by atoms with van der Waals surface area (Å²) in [5.41, 5.74) is 2.89. The number of carbonyl (C=O) groups is 5. The largest absolute Gasteiger partial charge is 0.473 e. The van der Waals surface area contributed by atoms with Crippen LogP contribution < -0.4 is 0 Å². The van der Waals surface area contributed by atoms with Crippen LogP contribution in [0.2, 0.25) is 0 Å². The highest BCUT2D eigenvalue weighted by Crippen LogP contribution is 2.22. The van der Waals surface area contributed by atoms with Gasteiger partial charge in [0.1, 0.15) is 0 Å². The van der Waals surface area contributed by atoms with E-state index in [1.54, 1.807) is 0 Å². The second kappa shape index (κ2) is 12.2. The molecule has 0 radical (unpaired) electrons. The van der Waals surface area contributed by atoms with Gasteiger partial charge in [-0.1, -0.05) is 18.2 Å². The van der Waals surface area contributed by atoms with E-state index in [1.807, 2.05) is 31.2 Å². The average molecular weight is 451 g/mol. The maximum absolute atomic E-state index is 12.6. The molecule has 0 bridgehead atoms. The molecule has 2 heterocycles. The highest BCUT2D eigenvalue weighted by Gasteiger charge is 2.21. The summed E-state index contributed by atoms with van der Waals surface area (Å²) in [5.74, 6) is -7.07. The monoisotopic (exact) mass is 451 g/mol. The SMILES string of the molecule is Cc1[nH]c2ccccc2c1C(=O)CN1CCN(C)CC1.O=C(O)C(=O)O.O=C(O)C(=O)O. The van der Waals surface area contributed by atoms with Crippen LogP contribution in [0.1, 0.15) is 16.1 Å². The smallest absolute Gasteiger partial charge is 0.414 e. The van der Waals surface area contributed by atoms with Crippen LogP contribution >= 0.6 is 0 Å². The molecule has 1 aromatic carbocycles. The number of H-pyrrole nitrogens is 1. The number of aromatic amines is 1. The number of hydrogen-bond donors (Lipinski definition) is 5. The van der Waals surface area contributed by atoms with Crippen LogP contribution in [0, 0.1) is 6.92 Å². The minimum absolute atomic E-state index is 0.226. The van der Waals surface area contributed by atoms with Gasteiger partial charge in [-0.2, -0.15) is 0 Å². The van der Waals surface area contributed by atoms with E-state index in [1.165, 1.54) is 0 Å². The topological polar surface area (TPSA) is 189 Å². The number of nitrogens with zero attached hydrogens (tertiary/aromatic N) is 2. The summed E-state index contributed by atoms with van der Waals surface area (Å²) < 4.78 is 0. The summed E-state index contributed by atoms with van der Waals surface area (Å²) in [6.07, 6.45) is 0. The number of likely N-dealkylation sites (N-methyl/N-ethyl adjacent to an activating group) is 1. The van der Waals surface area contributed by atoms with Gasteiger partial charge in [0.25, 0.3) is 0 Å². The van der Waals surface area contributed by atoms with Gasteiger partial charge < -0.3 is 30.3 Å². The van der Waals surface area contributed by atoms with Crippen LogP contribution in [0.15, 0.2) is 24.3 Å². The van der Waals surface area contributed by atoms with Gasteiger partial charge in [-0.25, -0.2) is 19.2 Å². The van der Waals surface area contributed by atoms with Crippen molar-refractivity contribution in [1.29, 1.82) is 0 Å². The number of carbonyl (C=O) groups excluding carboxylic acids is 1. The number of nitrogens with one attached hydrogen (secondary N) is 1. The first-order chi connectivity index (χ1) is 14.9. The van der Waals surface area contributed by atoms with Gasteiger partial charge in [-0.05, 0) is 20.0 Å². The van der Waals surface area contributed by atoms with Crippen LogP contribution in [-0.4, -0.2) is 105 Å². The summed E-state index contributed by atoms with van der Waals surface area (Å²) in [6, 6.07) is 8.03. The first-order valence-corrected chi connectivity index (χ1v) is 9.37. The van der Waals surface area contributed by atoms with Crippen molar-refractivity contribution in [2.24, 2.45) is 0 Å². The third-order valence-electron chi connectivity index (χ3n) is 4.50. The number of benzene rings is 1. The zero-order valence-corrected chi connectivity index (χ0v) is 17.6. The number of carboxylic acid groups (broad SMARTS) is 4. The molecule has 174 valence electrons. The number of fused-ring (bicyclic) bond motifs is 1. The van der Waals surface area contributed by atoms with Crippen molar-refractivity contribution in [3.05, 3.63) is 35.5 Å². The maximum atomic E-state index is 12.6. The van der Waals surface area contributed by atoms with Gasteiger partial charge in [-0.3, -0.25) is 9.69 Å². The Hall–Kier alpha value is -3.77. The third kappa shape index (κ3) is 8.16. The van der Waals surface area contributed by atoms with Crippen molar-refractivity contribution in [3.63, 3.8) is 0 Å². The molecule has 5 N–H and O–H groups in total. The van der Waals surface area contributed by atoms with Gasteiger partial charge in [0, 0.05) is 48.3 Å². The molecule has 0 atom stereocenters. The lowest BCUT2D eigenvalue weighted by Crippen LogP contribution is -2.46. The Morgan fingerprint density at radius 2 is 1.31 bits per heavy atom. The summed E-state index contributed by atoms with van der Waals surface area (Å²) in [7, 11) is 2.13. The molecule has 1 aromatic heterocycles. The molecule has 0 saturated carbocycles. The van der Waals surface area contributed by atoms with Crippen molar-refractivity contribution in [1.82, 2.24) is 14.8 Å². The molecular weight excluding hydrogens is 426 g/mol. The predicted octanol–water partition coefficient (Wildman–Crippen LogP) is 0.218.